The Bertz CT molecular complexity index is 53.7. The number of hydrogen-bond donors (Lipinski definition) is 1. The third-order valence-electron chi connectivity index (χ3n) is 0.526. The molecule has 42 valence electrons. The van der Waals surface area contributed by atoms with Crippen molar-refractivity contribution in [3.8, 4) is 0 Å². The first kappa shape index (κ1) is 7.20. The molecule has 0 fully saturated rings. The SMILES string of the molecule is NC=NCCCI. The second-order valence-corrected chi connectivity index (χ2v) is 2.18. The summed E-state index contributed by atoms with van der Waals surface area (Å²) >= 11 is 2.31. The van der Waals surface area contributed by atoms with E-state index >= 15 is 0 Å². The van der Waals surface area contributed by atoms with Gasteiger partial charge in [-0.3, -0.25) is 4.99 Å². The zero-order valence-corrected chi connectivity index (χ0v) is 6.26. The highest BCUT2D eigenvalue weighted by Crippen LogP contribution is 1.86. The van der Waals surface area contributed by atoms with E-state index in [0.717, 1.165) is 17.4 Å². The summed E-state index contributed by atoms with van der Waals surface area (Å²) in [7, 11) is 0. The van der Waals surface area contributed by atoms with E-state index in [0.29, 0.717) is 0 Å². The van der Waals surface area contributed by atoms with Gasteiger partial charge in [-0.15, -0.1) is 0 Å². The van der Waals surface area contributed by atoms with Crippen molar-refractivity contribution >= 4 is 28.9 Å². The fourth-order valence-electron chi connectivity index (χ4n) is 0.226. The summed E-state index contributed by atoms with van der Waals surface area (Å²) in [5.74, 6) is 0. The molecule has 0 saturated heterocycles. The molecular weight excluding hydrogens is 203 g/mol. The van der Waals surface area contributed by atoms with Gasteiger partial charge >= 0.3 is 0 Å². The van der Waals surface area contributed by atoms with Gasteiger partial charge in [-0.05, 0) is 6.42 Å². The molecule has 2 nitrogen and oxygen atoms in total. The van der Waals surface area contributed by atoms with Crippen LogP contribution in [0.15, 0.2) is 4.99 Å². The predicted octanol–water partition coefficient (Wildman–Crippen LogP) is 0.799. The van der Waals surface area contributed by atoms with Crippen LogP contribution < -0.4 is 5.73 Å². The third-order valence-corrected chi connectivity index (χ3v) is 1.29. The maximum atomic E-state index is 4.98. The van der Waals surface area contributed by atoms with Crippen LogP contribution in [0.4, 0.5) is 0 Å². The molecule has 0 unspecified atom stereocenters. The van der Waals surface area contributed by atoms with Crippen LogP contribution >= 0.6 is 22.6 Å². The van der Waals surface area contributed by atoms with Gasteiger partial charge in [0.25, 0.3) is 0 Å². The van der Waals surface area contributed by atoms with Gasteiger partial charge in [-0.25, -0.2) is 0 Å². The lowest BCUT2D eigenvalue weighted by Gasteiger charge is -1.83. The first-order chi connectivity index (χ1) is 3.41. The van der Waals surface area contributed by atoms with Crippen molar-refractivity contribution in [1.82, 2.24) is 0 Å². The number of nitrogens with zero attached hydrogens (tertiary/aromatic N) is 1. The van der Waals surface area contributed by atoms with Gasteiger partial charge in [0, 0.05) is 11.0 Å². The number of rotatable bonds is 3. The number of hydrogen-bond acceptors (Lipinski definition) is 1. The smallest absolute Gasteiger partial charge is 0.0797 e. The summed E-state index contributed by atoms with van der Waals surface area (Å²) in [5, 5.41) is 0. The molecule has 0 rings (SSSR count). The Morgan fingerprint density at radius 2 is 2.43 bits per heavy atom. The average molecular weight is 212 g/mol. The largest absolute Gasteiger partial charge is 0.390 e. The Labute approximate surface area is 57.3 Å². The zero-order valence-electron chi connectivity index (χ0n) is 4.10. The van der Waals surface area contributed by atoms with Crippen LogP contribution in [0, 0.1) is 0 Å². The molecule has 7 heavy (non-hydrogen) atoms. The molecule has 0 bridgehead atoms. The monoisotopic (exact) mass is 212 g/mol. The lowest BCUT2D eigenvalue weighted by Crippen LogP contribution is -1.90. The van der Waals surface area contributed by atoms with E-state index < -0.39 is 0 Å². The maximum absolute atomic E-state index is 4.98. The fraction of sp³-hybridized carbons (Fsp3) is 0.750. The van der Waals surface area contributed by atoms with Crippen molar-refractivity contribution in [2.75, 3.05) is 11.0 Å². The first-order valence-corrected chi connectivity index (χ1v) is 3.70. The molecule has 0 aliphatic carbocycles. The molecule has 0 aromatic carbocycles. The highest BCUT2D eigenvalue weighted by molar-refractivity contribution is 14.1. The number of aliphatic imine (C=N–C) groups is 1. The minimum Gasteiger partial charge on any atom is -0.390 e. The van der Waals surface area contributed by atoms with E-state index in [-0.39, 0.29) is 0 Å². The lowest BCUT2D eigenvalue weighted by molar-refractivity contribution is 0.958. The average Bonchev–Trinajstić information content (AvgIpc) is 1.69. The van der Waals surface area contributed by atoms with Crippen LogP contribution in [0.2, 0.25) is 0 Å². The minimum atomic E-state index is 0.874. The maximum Gasteiger partial charge on any atom is 0.0797 e. The summed E-state index contributed by atoms with van der Waals surface area (Å²) in [6, 6.07) is 0. The van der Waals surface area contributed by atoms with Gasteiger partial charge in [0.1, 0.15) is 0 Å². The van der Waals surface area contributed by atoms with Crippen molar-refractivity contribution in [1.29, 1.82) is 0 Å². The number of nitrogens with two attached hydrogens (primary N) is 1. The Balaban J connectivity index is 2.69. The molecule has 0 aliphatic heterocycles. The molecule has 3 heteroatoms. The summed E-state index contributed by atoms with van der Waals surface area (Å²) in [4.78, 5) is 3.81. The minimum absolute atomic E-state index is 0.874. The van der Waals surface area contributed by atoms with Crippen molar-refractivity contribution in [3.05, 3.63) is 0 Å². The van der Waals surface area contributed by atoms with Crippen LogP contribution in [-0.4, -0.2) is 17.3 Å². The van der Waals surface area contributed by atoms with Crippen molar-refractivity contribution in [2.24, 2.45) is 10.7 Å². The highest BCUT2D eigenvalue weighted by atomic mass is 127. The highest BCUT2D eigenvalue weighted by Gasteiger charge is 1.75. The van der Waals surface area contributed by atoms with Gasteiger partial charge in [-0.1, -0.05) is 22.6 Å². The Hall–Kier alpha value is 0.200. The third kappa shape index (κ3) is 6.20. The molecule has 0 spiro atoms. The van der Waals surface area contributed by atoms with Crippen LogP contribution in [0.5, 0.6) is 0 Å². The second kappa shape index (κ2) is 6.20. The van der Waals surface area contributed by atoms with E-state index in [2.05, 4.69) is 27.6 Å². The van der Waals surface area contributed by atoms with E-state index in [1.807, 2.05) is 0 Å². The summed E-state index contributed by atoms with van der Waals surface area (Å²) in [6.07, 6.45) is 2.49. The standard InChI is InChI=1S/C4H9IN2/c5-2-1-3-7-4-6/h4H,1-3H2,(H2,6,7). The van der Waals surface area contributed by atoms with Gasteiger partial charge in [0.2, 0.25) is 0 Å². The van der Waals surface area contributed by atoms with Gasteiger partial charge < -0.3 is 5.73 Å². The van der Waals surface area contributed by atoms with E-state index in [1.54, 1.807) is 0 Å². The van der Waals surface area contributed by atoms with Gasteiger partial charge in [0.15, 0.2) is 0 Å². The van der Waals surface area contributed by atoms with Crippen LogP contribution in [0.1, 0.15) is 6.42 Å². The van der Waals surface area contributed by atoms with E-state index in [1.165, 1.54) is 6.34 Å². The quantitative estimate of drug-likeness (QED) is 0.243. The fourth-order valence-corrected chi connectivity index (χ4v) is 0.567. The molecule has 0 aliphatic rings. The molecule has 0 aromatic heterocycles. The zero-order chi connectivity index (χ0) is 5.54. The van der Waals surface area contributed by atoms with Crippen LogP contribution in [-0.2, 0) is 0 Å². The van der Waals surface area contributed by atoms with Crippen molar-refractivity contribution in [2.45, 2.75) is 6.42 Å². The molecule has 0 heterocycles. The topological polar surface area (TPSA) is 38.4 Å². The number of halogens is 1. The first-order valence-electron chi connectivity index (χ1n) is 2.18. The molecule has 0 amide bonds. The summed E-state index contributed by atoms with van der Waals surface area (Å²) < 4.78 is 1.16. The molecular formula is C4H9IN2. The lowest BCUT2D eigenvalue weighted by atomic mass is 10.5. The predicted molar refractivity (Wildman–Crippen MR) is 41.1 cm³/mol. The second-order valence-electron chi connectivity index (χ2n) is 1.10. The molecule has 0 saturated carbocycles. The molecule has 0 aromatic rings. The Morgan fingerprint density at radius 1 is 1.71 bits per heavy atom. The van der Waals surface area contributed by atoms with E-state index in [4.69, 9.17) is 5.73 Å². The summed E-state index contributed by atoms with van der Waals surface area (Å²) in [5.41, 5.74) is 4.98. The molecule has 0 atom stereocenters. The molecule has 0 radical (unpaired) electrons. The summed E-state index contributed by atoms with van der Waals surface area (Å²) in [6.45, 7) is 0.874. The van der Waals surface area contributed by atoms with Crippen molar-refractivity contribution in [3.63, 3.8) is 0 Å². The van der Waals surface area contributed by atoms with Crippen molar-refractivity contribution < 1.29 is 0 Å². The van der Waals surface area contributed by atoms with E-state index in [9.17, 15) is 0 Å². The van der Waals surface area contributed by atoms with Gasteiger partial charge in [-0.2, -0.15) is 0 Å². The Morgan fingerprint density at radius 3 is 2.86 bits per heavy atom. The normalized spacial score (nSPS) is 10.4. The molecule has 2 N–H and O–H groups in total. The van der Waals surface area contributed by atoms with Crippen LogP contribution in [0.25, 0.3) is 0 Å². The number of alkyl halides is 1. The van der Waals surface area contributed by atoms with Crippen LogP contribution in [0.3, 0.4) is 0 Å². The Kier molecular flexibility index (Phi) is 6.38. The van der Waals surface area contributed by atoms with Gasteiger partial charge in [0.05, 0.1) is 6.34 Å².